The number of halogens is 1. The number of aliphatic hydroxyl groups excluding tert-OH is 1. The molecule has 0 unspecified atom stereocenters. The molecule has 19 heavy (non-hydrogen) atoms. The van der Waals surface area contributed by atoms with Gasteiger partial charge in [0.2, 0.25) is 0 Å². The van der Waals surface area contributed by atoms with Crippen LogP contribution < -0.4 is 4.72 Å². The van der Waals surface area contributed by atoms with Crippen LogP contribution in [0.25, 0.3) is 0 Å². The van der Waals surface area contributed by atoms with Crippen molar-refractivity contribution in [2.75, 3.05) is 11.3 Å². The standard InChI is InChI=1S/C11H11FN2O3S2/c12-9-1-2-10(8(7-9)3-5-15)19(16,17)14-11-13-4-6-18-11/h1-2,4,6-7,15H,3,5H2,(H,13,14). The van der Waals surface area contributed by atoms with E-state index in [9.17, 15) is 12.8 Å². The van der Waals surface area contributed by atoms with Gasteiger partial charge in [-0.1, -0.05) is 0 Å². The van der Waals surface area contributed by atoms with Crippen LogP contribution in [0.3, 0.4) is 0 Å². The number of rotatable bonds is 5. The molecule has 0 atom stereocenters. The van der Waals surface area contributed by atoms with Crippen molar-refractivity contribution in [1.82, 2.24) is 4.98 Å². The third-order valence-corrected chi connectivity index (χ3v) is 4.60. The third kappa shape index (κ3) is 3.28. The van der Waals surface area contributed by atoms with Gasteiger partial charge in [-0.15, -0.1) is 11.3 Å². The van der Waals surface area contributed by atoms with Gasteiger partial charge in [0, 0.05) is 18.2 Å². The summed E-state index contributed by atoms with van der Waals surface area (Å²) in [5.74, 6) is -0.545. The lowest BCUT2D eigenvalue weighted by molar-refractivity contribution is 0.298. The molecule has 1 heterocycles. The maximum Gasteiger partial charge on any atom is 0.263 e. The van der Waals surface area contributed by atoms with Crippen LogP contribution in [0.4, 0.5) is 9.52 Å². The second kappa shape index (κ2) is 5.64. The lowest BCUT2D eigenvalue weighted by Crippen LogP contribution is -2.15. The van der Waals surface area contributed by atoms with E-state index >= 15 is 0 Å². The Hall–Kier alpha value is -1.51. The molecule has 2 N–H and O–H groups in total. The van der Waals surface area contributed by atoms with Crippen molar-refractivity contribution in [3.05, 3.63) is 41.2 Å². The van der Waals surface area contributed by atoms with Crippen LogP contribution in [0.2, 0.25) is 0 Å². The van der Waals surface area contributed by atoms with Crippen LogP contribution in [-0.4, -0.2) is 25.1 Å². The number of hydrogen-bond donors (Lipinski definition) is 2. The van der Waals surface area contributed by atoms with Crippen molar-refractivity contribution < 1.29 is 17.9 Å². The van der Waals surface area contributed by atoms with Gasteiger partial charge in [0.15, 0.2) is 5.13 Å². The van der Waals surface area contributed by atoms with Crippen LogP contribution in [0.15, 0.2) is 34.7 Å². The molecule has 5 nitrogen and oxygen atoms in total. The van der Waals surface area contributed by atoms with Crippen molar-refractivity contribution in [3.8, 4) is 0 Å². The number of benzene rings is 1. The minimum atomic E-state index is -3.83. The molecule has 0 bridgehead atoms. The molecule has 0 spiro atoms. The molecular weight excluding hydrogens is 291 g/mol. The van der Waals surface area contributed by atoms with E-state index in [0.29, 0.717) is 0 Å². The second-order valence-electron chi connectivity index (χ2n) is 3.67. The molecule has 102 valence electrons. The highest BCUT2D eigenvalue weighted by molar-refractivity contribution is 7.93. The molecule has 1 aromatic heterocycles. The van der Waals surface area contributed by atoms with Gasteiger partial charge in [-0.05, 0) is 30.2 Å². The van der Waals surface area contributed by atoms with Gasteiger partial charge in [0.05, 0.1) is 4.90 Å². The van der Waals surface area contributed by atoms with E-state index in [4.69, 9.17) is 5.11 Å². The van der Waals surface area contributed by atoms with Gasteiger partial charge in [0.1, 0.15) is 5.82 Å². The number of sulfonamides is 1. The van der Waals surface area contributed by atoms with Crippen molar-refractivity contribution in [2.24, 2.45) is 0 Å². The first-order chi connectivity index (χ1) is 9.03. The molecule has 0 amide bonds. The highest BCUT2D eigenvalue weighted by Gasteiger charge is 2.19. The van der Waals surface area contributed by atoms with E-state index < -0.39 is 15.8 Å². The zero-order chi connectivity index (χ0) is 13.9. The fourth-order valence-electron chi connectivity index (χ4n) is 1.57. The molecule has 0 aliphatic heterocycles. The highest BCUT2D eigenvalue weighted by atomic mass is 32.2. The van der Waals surface area contributed by atoms with E-state index in [2.05, 4.69) is 9.71 Å². The summed E-state index contributed by atoms with van der Waals surface area (Å²) in [5.41, 5.74) is 0.228. The van der Waals surface area contributed by atoms with Gasteiger partial charge in [-0.3, -0.25) is 4.72 Å². The number of anilines is 1. The fourth-order valence-corrected chi connectivity index (χ4v) is 3.61. The quantitative estimate of drug-likeness (QED) is 0.879. The summed E-state index contributed by atoms with van der Waals surface area (Å²) in [6.07, 6.45) is 1.54. The topological polar surface area (TPSA) is 79.3 Å². The van der Waals surface area contributed by atoms with E-state index in [1.165, 1.54) is 12.3 Å². The van der Waals surface area contributed by atoms with Gasteiger partial charge in [-0.2, -0.15) is 0 Å². The summed E-state index contributed by atoms with van der Waals surface area (Å²) in [6.45, 7) is -0.261. The molecular formula is C11H11FN2O3S2. The van der Waals surface area contributed by atoms with E-state index in [1.807, 2.05) is 0 Å². The molecule has 2 rings (SSSR count). The summed E-state index contributed by atoms with van der Waals surface area (Å²) < 4.78 is 39.8. The number of hydrogen-bond acceptors (Lipinski definition) is 5. The predicted octanol–water partition coefficient (Wildman–Crippen LogP) is 1.62. The molecule has 0 saturated heterocycles. The number of nitrogens with zero attached hydrogens (tertiary/aromatic N) is 1. The molecule has 2 aromatic rings. The minimum absolute atomic E-state index is 0.0573. The Balaban J connectivity index is 2.39. The average Bonchev–Trinajstić information content (AvgIpc) is 2.81. The summed E-state index contributed by atoms with van der Waals surface area (Å²) >= 11 is 1.14. The molecule has 0 aliphatic rings. The highest BCUT2D eigenvalue weighted by Crippen LogP contribution is 2.22. The third-order valence-electron chi connectivity index (χ3n) is 2.35. The molecule has 0 aliphatic carbocycles. The Bertz CT molecular complexity index is 657. The second-order valence-corrected chi connectivity index (χ2v) is 6.21. The number of thiazole rings is 1. The molecule has 1 aromatic carbocycles. The maximum absolute atomic E-state index is 13.1. The average molecular weight is 302 g/mol. The Morgan fingerprint density at radius 1 is 1.42 bits per heavy atom. The van der Waals surface area contributed by atoms with Crippen LogP contribution >= 0.6 is 11.3 Å². The lowest BCUT2D eigenvalue weighted by atomic mass is 10.1. The Kier molecular flexibility index (Phi) is 4.13. The molecule has 8 heteroatoms. The van der Waals surface area contributed by atoms with Gasteiger partial charge >= 0.3 is 0 Å². The van der Waals surface area contributed by atoms with E-state index in [0.717, 1.165) is 23.5 Å². The fraction of sp³-hybridized carbons (Fsp3) is 0.182. The first-order valence-corrected chi connectivity index (χ1v) is 7.71. The largest absolute Gasteiger partial charge is 0.396 e. The number of nitrogens with one attached hydrogen (secondary N) is 1. The molecule has 0 saturated carbocycles. The van der Waals surface area contributed by atoms with Crippen molar-refractivity contribution in [1.29, 1.82) is 0 Å². The Labute approximate surface area is 113 Å². The summed E-state index contributed by atoms with van der Waals surface area (Å²) in [7, 11) is -3.83. The minimum Gasteiger partial charge on any atom is -0.396 e. The zero-order valence-corrected chi connectivity index (χ0v) is 11.3. The van der Waals surface area contributed by atoms with Gasteiger partial charge in [0.25, 0.3) is 10.0 Å². The van der Waals surface area contributed by atoms with Gasteiger partial charge in [-0.25, -0.2) is 17.8 Å². The Morgan fingerprint density at radius 2 is 2.21 bits per heavy atom. The van der Waals surface area contributed by atoms with Crippen LogP contribution in [0.1, 0.15) is 5.56 Å². The summed E-state index contributed by atoms with van der Waals surface area (Å²) in [4.78, 5) is 3.77. The zero-order valence-electron chi connectivity index (χ0n) is 9.71. The number of aromatic nitrogens is 1. The summed E-state index contributed by atoms with van der Waals surface area (Å²) in [6, 6.07) is 3.35. The van der Waals surface area contributed by atoms with Crippen LogP contribution in [0, 0.1) is 5.82 Å². The summed E-state index contributed by atoms with van der Waals surface area (Å²) in [5, 5.41) is 10.8. The smallest absolute Gasteiger partial charge is 0.263 e. The van der Waals surface area contributed by atoms with E-state index in [-0.39, 0.29) is 28.6 Å². The SMILES string of the molecule is O=S(=O)(Nc1nccs1)c1ccc(F)cc1CCO. The van der Waals surface area contributed by atoms with Crippen molar-refractivity contribution in [3.63, 3.8) is 0 Å². The van der Waals surface area contributed by atoms with Gasteiger partial charge < -0.3 is 5.11 Å². The number of aliphatic hydroxyl groups is 1. The monoisotopic (exact) mass is 302 g/mol. The lowest BCUT2D eigenvalue weighted by Gasteiger charge is -2.10. The molecule has 0 radical (unpaired) electrons. The molecule has 0 fully saturated rings. The van der Waals surface area contributed by atoms with Crippen molar-refractivity contribution >= 4 is 26.5 Å². The predicted molar refractivity (Wildman–Crippen MR) is 70.1 cm³/mol. The Morgan fingerprint density at radius 3 is 2.84 bits per heavy atom. The van der Waals surface area contributed by atoms with Crippen LogP contribution in [0.5, 0.6) is 0 Å². The van der Waals surface area contributed by atoms with E-state index in [1.54, 1.807) is 5.38 Å². The normalized spacial score (nSPS) is 11.5. The first-order valence-electron chi connectivity index (χ1n) is 5.34. The first kappa shape index (κ1) is 13.9. The van der Waals surface area contributed by atoms with Crippen LogP contribution in [-0.2, 0) is 16.4 Å². The van der Waals surface area contributed by atoms with Crippen molar-refractivity contribution in [2.45, 2.75) is 11.3 Å². The maximum atomic E-state index is 13.1.